The number of carbonyl (C=O) groups is 2. The Bertz CT molecular complexity index is 2560. The summed E-state index contributed by atoms with van der Waals surface area (Å²) in [7, 11) is -7.74. The van der Waals surface area contributed by atoms with Crippen molar-refractivity contribution in [3.8, 4) is 0 Å². The lowest BCUT2D eigenvalue weighted by Crippen LogP contribution is -2.44. The highest BCUT2D eigenvalue weighted by molar-refractivity contribution is 7.93. The number of aromatic nitrogens is 4. The number of aliphatic hydroxyl groups is 1. The van der Waals surface area contributed by atoms with E-state index in [1.165, 1.54) is 80.8 Å². The molecule has 0 unspecified atom stereocenters. The van der Waals surface area contributed by atoms with Gasteiger partial charge in [-0.05, 0) is 67.3 Å². The van der Waals surface area contributed by atoms with Crippen LogP contribution in [0.15, 0.2) is 113 Å². The number of thiazole rings is 2. The fourth-order valence-electron chi connectivity index (χ4n) is 7.09. The number of amides is 2. The van der Waals surface area contributed by atoms with Crippen LogP contribution in [0.3, 0.4) is 0 Å². The Morgan fingerprint density at radius 2 is 1.32 bits per heavy atom. The number of anilines is 5. The fraction of sp³-hybridized carbons (Fsp3) is 0.282. The summed E-state index contributed by atoms with van der Waals surface area (Å²) >= 11 is 8.60. The van der Waals surface area contributed by atoms with E-state index in [0.717, 1.165) is 34.9 Å². The molecular weight excluding hydrogens is 870 g/mol. The Morgan fingerprint density at radius 3 is 1.78 bits per heavy atom. The number of carbonyl (C=O) groups excluding carboxylic acids is 2. The number of hydrogen-bond acceptors (Lipinski definition) is 14. The van der Waals surface area contributed by atoms with Gasteiger partial charge >= 0.3 is 0 Å². The highest BCUT2D eigenvalue weighted by atomic mass is 35.5. The molecule has 3 aliphatic heterocycles. The van der Waals surface area contributed by atoms with Crippen LogP contribution < -0.4 is 23.3 Å². The van der Waals surface area contributed by atoms with Crippen molar-refractivity contribution >= 4 is 93.7 Å². The molecule has 3 aliphatic rings. The summed E-state index contributed by atoms with van der Waals surface area (Å²) in [6.45, 7) is 9.08. The van der Waals surface area contributed by atoms with E-state index in [2.05, 4.69) is 38.0 Å². The standard InChI is InChI=1S/C24H24ClN5O3S2.C15H16N4O4S2/c1-2-11-30(24-26-10-14-34-24)35(32,33)19-6-8-22(27-16-19)29-13-9-21(23(29)31)28-12-3-4-17-15-18(25)5-7-20(17)28;1-2-7-19(15-16-6-9-24-15)25(22,23)11-3-4-13(17-10-11)18-8-5-12(20)14(18)21/h2,5-8,10,14-16,21H,1,3-4,9,11-13H2;2-4,6,9-10,12,20H,1,5,7-8H2/t21-;12-/m01/s1. The molecule has 0 spiro atoms. The maximum Gasteiger partial charge on any atom is 0.267 e. The first kappa shape index (κ1) is 42.9. The van der Waals surface area contributed by atoms with Crippen molar-refractivity contribution in [1.29, 1.82) is 0 Å². The molecule has 0 radical (unpaired) electrons. The Balaban J connectivity index is 0.000000192. The van der Waals surface area contributed by atoms with E-state index < -0.39 is 32.1 Å². The number of nitrogens with zero attached hydrogens (tertiary/aromatic N) is 9. The number of pyridine rings is 2. The van der Waals surface area contributed by atoms with Crippen LogP contribution in [0.1, 0.15) is 24.8 Å². The predicted octanol–water partition coefficient (Wildman–Crippen LogP) is 5.15. The van der Waals surface area contributed by atoms with Crippen LogP contribution in [-0.4, -0.2) is 98.6 Å². The van der Waals surface area contributed by atoms with Crippen LogP contribution in [-0.2, 0) is 36.1 Å². The second kappa shape index (κ2) is 18.2. The van der Waals surface area contributed by atoms with Gasteiger partial charge in [-0.3, -0.25) is 19.4 Å². The topological polar surface area (TPSA) is 190 Å². The van der Waals surface area contributed by atoms with Crippen LogP contribution in [0.25, 0.3) is 0 Å². The van der Waals surface area contributed by atoms with E-state index in [9.17, 15) is 31.5 Å². The minimum Gasteiger partial charge on any atom is -0.383 e. The van der Waals surface area contributed by atoms with Gasteiger partial charge in [-0.25, -0.2) is 45.4 Å². The van der Waals surface area contributed by atoms with E-state index in [4.69, 9.17) is 11.6 Å². The number of hydrogen-bond donors (Lipinski definition) is 1. The summed E-state index contributed by atoms with van der Waals surface area (Å²) in [4.78, 5) is 47.0. The van der Waals surface area contributed by atoms with E-state index in [1.54, 1.807) is 27.9 Å². The molecule has 60 heavy (non-hydrogen) atoms. The summed E-state index contributed by atoms with van der Waals surface area (Å²) in [6, 6.07) is 11.5. The molecule has 4 aromatic heterocycles. The second-order valence-corrected chi connectivity index (χ2v) is 19.5. The van der Waals surface area contributed by atoms with Gasteiger partial charge in [-0.15, -0.1) is 35.8 Å². The lowest BCUT2D eigenvalue weighted by molar-refractivity contribution is -0.124. The number of aryl methyl sites for hydroxylation is 1. The first-order valence-corrected chi connectivity index (χ1v) is 23.7. The zero-order valence-electron chi connectivity index (χ0n) is 32.0. The molecule has 7 heterocycles. The SMILES string of the molecule is C=CCN(c1nccs1)S(=O)(=O)c1ccc(N2CC[C@@H](O)C2=O)nc1.C=CCN(c1nccs1)S(=O)(=O)c1ccc(N2CC[C@H](N3CCCc4cc(Cl)ccc43)C2=O)nc1. The molecule has 8 rings (SSSR count). The number of sulfonamides is 2. The van der Waals surface area contributed by atoms with Crippen molar-refractivity contribution < 1.29 is 31.5 Å². The fourth-order valence-corrected chi connectivity index (χ4v) is 11.7. The summed E-state index contributed by atoms with van der Waals surface area (Å²) in [5.74, 6) is 0.283. The van der Waals surface area contributed by atoms with Crippen molar-refractivity contribution in [3.05, 3.63) is 114 Å². The molecule has 0 bridgehead atoms. The Labute approximate surface area is 360 Å². The van der Waals surface area contributed by atoms with Gasteiger partial charge in [-0.1, -0.05) is 23.8 Å². The van der Waals surface area contributed by atoms with Gasteiger partial charge in [0, 0.05) is 72.3 Å². The van der Waals surface area contributed by atoms with E-state index in [-0.39, 0.29) is 34.8 Å². The van der Waals surface area contributed by atoms with E-state index >= 15 is 0 Å². The summed E-state index contributed by atoms with van der Waals surface area (Å²) in [5.41, 5.74) is 2.21. The monoisotopic (exact) mass is 909 g/mol. The number of rotatable bonds is 13. The lowest BCUT2D eigenvalue weighted by atomic mass is 9.99. The van der Waals surface area contributed by atoms with Gasteiger partial charge in [0.05, 0.1) is 13.1 Å². The molecule has 2 atom stereocenters. The minimum absolute atomic E-state index is 0.0134. The second-order valence-electron chi connectivity index (χ2n) is 13.6. The number of halogens is 1. The molecule has 0 saturated carbocycles. The van der Waals surface area contributed by atoms with Crippen molar-refractivity contribution in [2.75, 3.05) is 56.0 Å². The van der Waals surface area contributed by atoms with Gasteiger partial charge in [0.1, 0.15) is 33.6 Å². The summed E-state index contributed by atoms with van der Waals surface area (Å²) in [5, 5.41) is 14.3. The number of aliphatic hydroxyl groups excluding tert-OH is 1. The van der Waals surface area contributed by atoms with Gasteiger partial charge in [0.25, 0.3) is 31.9 Å². The van der Waals surface area contributed by atoms with Crippen molar-refractivity contribution in [1.82, 2.24) is 19.9 Å². The van der Waals surface area contributed by atoms with E-state index in [0.29, 0.717) is 52.9 Å². The van der Waals surface area contributed by atoms with Crippen LogP contribution in [0.5, 0.6) is 0 Å². The molecule has 2 amide bonds. The minimum atomic E-state index is -3.88. The first-order valence-electron chi connectivity index (χ1n) is 18.7. The molecule has 2 saturated heterocycles. The van der Waals surface area contributed by atoms with Crippen molar-refractivity contribution in [2.45, 2.75) is 47.6 Å². The maximum absolute atomic E-state index is 13.4. The van der Waals surface area contributed by atoms with Crippen LogP contribution in [0.4, 0.5) is 27.6 Å². The third-order valence-electron chi connectivity index (χ3n) is 9.95. The van der Waals surface area contributed by atoms with Gasteiger partial charge < -0.3 is 10.0 Å². The third kappa shape index (κ3) is 8.66. The lowest BCUT2D eigenvalue weighted by Gasteiger charge is -2.35. The van der Waals surface area contributed by atoms with Crippen LogP contribution >= 0.6 is 34.3 Å². The molecule has 5 aromatic rings. The van der Waals surface area contributed by atoms with E-state index in [1.807, 2.05) is 18.2 Å². The Morgan fingerprint density at radius 1 is 0.767 bits per heavy atom. The number of benzene rings is 1. The highest BCUT2D eigenvalue weighted by Crippen LogP contribution is 2.35. The quantitative estimate of drug-likeness (QED) is 0.153. The third-order valence-corrected chi connectivity index (χ3v) is 15.5. The average Bonchev–Trinajstić information content (AvgIpc) is 4.09. The largest absolute Gasteiger partial charge is 0.383 e. The molecule has 1 aromatic carbocycles. The zero-order valence-corrected chi connectivity index (χ0v) is 36.0. The Hall–Kier alpha value is -5.25. The average molecular weight is 911 g/mol. The zero-order chi connectivity index (χ0) is 42.6. The molecule has 314 valence electrons. The summed E-state index contributed by atoms with van der Waals surface area (Å²) < 4.78 is 54.5. The molecular formula is C39H40ClN9O7S4. The molecule has 1 N–H and O–H groups in total. The first-order chi connectivity index (χ1) is 28.8. The maximum atomic E-state index is 13.4. The van der Waals surface area contributed by atoms with Gasteiger partial charge in [0.15, 0.2) is 10.3 Å². The highest BCUT2D eigenvalue weighted by Gasteiger charge is 2.39. The normalized spacial score (nSPS) is 17.9. The van der Waals surface area contributed by atoms with Crippen LogP contribution in [0, 0.1) is 0 Å². The van der Waals surface area contributed by atoms with Crippen LogP contribution in [0.2, 0.25) is 5.02 Å². The summed E-state index contributed by atoms with van der Waals surface area (Å²) in [6.07, 6.45) is 10.4. The molecule has 21 heteroatoms. The Kier molecular flexibility index (Phi) is 13.0. The number of fused-ring (bicyclic) bond motifs is 1. The molecule has 16 nitrogen and oxygen atoms in total. The van der Waals surface area contributed by atoms with Gasteiger partial charge in [0.2, 0.25) is 0 Å². The molecule has 2 fully saturated rings. The predicted molar refractivity (Wildman–Crippen MR) is 233 cm³/mol. The van der Waals surface area contributed by atoms with Crippen molar-refractivity contribution in [3.63, 3.8) is 0 Å². The molecule has 0 aliphatic carbocycles. The van der Waals surface area contributed by atoms with Gasteiger partial charge in [-0.2, -0.15) is 0 Å². The smallest absolute Gasteiger partial charge is 0.267 e. The van der Waals surface area contributed by atoms with Crippen molar-refractivity contribution in [2.24, 2.45) is 0 Å².